The van der Waals surface area contributed by atoms with E-state index >= 15 is 0 Å². The van der Waals surface area contributed by atoms with E-state index in [0.29, 0.717) is 18.2 Å². The molecule has 0 aliphatic rings. The molecule has 0 saturated carbocycles. The monoisotopic (exact) mass is 420 g/mol. The zero-order valence-corrected chi connectivity index (χ0v) is 17.6. The molecule has 4 aromatic rings. The topological polar surface area (TPSA) is 99.1 Å². The number of hydrogen-bond acceptors (Lipinski definition) is 7. The number of aromatic nitrogens is 4. The molecule has 160 valence electrons. The minimum atomic E-state index is -0.140. The molecule has 2 heterocycles. The summed E-state index contributed by atoms with van der Waals surface area (Å²) in [6, 6.07) is 17.2. The molecular formula is C22H24N6O3. The van der Waals surface area contributed by atoms with Crippen LogP contribution in [0.15, 0.2) is 63.8 Å². The van der Waals surface area contributed by atoms with Crippen LogP contribution in [-0.4, -0.2) is 26.2 Å². The highest BCUT2D eigenvalue weighted by atomic mass is 16.5. The highest BCUT2D eigenvalue weighted by molar-refractivity contribution is 5.53. The van der Waals surface area contributed by atoms with Crippen LogP contribution in [0.1, 0.15) is 18.5 Å². The van der Waals surface area contributed by atoms with Gasteiger partial charge in [0.1, 0.15) is 11.4 Å². The van der Waals surface area contributed by atoms with E-state index in [1.54, 1.807) is 4.68 Å². The molecule has 9 nitrogen and oxygen atoms in total. The van der Waals surface area contributed by atoms with E-state index in [1.165, 1.54) is 0 Å². The summed E-state index contributed by atoms with van der Waals surface area (Å²) >= 11 is 0. The SMILES string of the molecule is CCOc1ccc(Nc2nnc(CNc3c(C)n(C)n(-c4ccccc4)c3=O)o2)cc1. The van der Waals surface area contributed by atoms with Crippen LogP contribution in [0, 0.1) is 6.92 Å². The summed E-state index contributed by atoms with van der Waals surface area (Å²) in [5.41, 5.74) is 2.76. The van der Waals surface area contributed by atoms with E-state index in [2.05, 4.69) is 20.8 Å². The summed E-state index contributed by atoms with van der Waals surface area (Å²) < 4.78 is 14.5. The molecule has 31 heavy (non-hydrogen) atoms. The van der Waals surface area contributed by atoms with Crippen LogP contribution in [-0.2, 0) is 13.6 Å². The molecule has 2 aromatic heterocycles. The van der Waals surface area contributed by atoms with Gasteiger partial charge in [0.25, 0.3) is 5.56 Å². The van der Waals surface area contributed by atoms with Crippen molar-refractivity contribution >= 4 is 17.4 Å². The van der Waals surface area contributed by atoms with Gasteiger partial charge >= 0.3 is 6.01 Å². The number of para-hydroxylation sites is 1. The van der Waals surface area contributed by atoms with Crippen LogP contribution < -0.4 is 20.9 Å². The molecule has 0 aliphatic heterocycles. The van der Waals surface area contributed by atoms with Gasteiger partial charge in [-0.1, -0.05) is 23.3 Å². The van der Waals surface area contributed by atoms with Crippen LogP contribution in [0.2, 0.25) is 0 Å². The van der Waals surface area contributed by atoms with Gasteiger partial charge in [0, 0.05) is 12.7 Å². The number of benzene rings is 2. The first-order valence-electron chi connectivity index (χ1n) is 9.97. The van der Waals surface area contributed by atoms with Gasteiger partial charge in [0.2, 0.25) is 5.89 Å². The fourth-order valence-electron chi connectivity index (χ4n) is 3.24. The molecule has 0 bridgehead atoms. The van der Waals surface area contributed by atoms with Crippen molar-refractivity contribution in [1.82, 2.24) is 19.6 Å². The smallest absolute Gasteiger partial charge is 0.320 e. The van der Waals surface area contributed by atoms with Crippen LogP contribution >= 0.6 is 0 Å². The Kier molecular flexibility index (Phi) is 5.74. The van der Waals surface area contributed by atoms with Crippen molar-refractivity contribution < 1.29 is 9.15 Å². The van der Waals surface area contributed by atoms with Gasteiger partial charge in [-0.2, -0.15) is 0 Å². The third-order valence-corrected chi connectivity index (χ3v) is 4.85. The van der Waals surface area contributed by atoms with E-state index < -0.39 is 0 Å². The molecule has 0 unspecified atom stereocenters. The van der Waals surface area contributed by atoms with Crippen LogP contribution in [0.5, 0.6) is 5.75 Å². The lowest BCUT2D eigenvalue weighted by atomic mass is 10.3. The normalized spacial score (nSPS) is 10.8. The Morgan fingerprint density at radius 3 is 2.52 bits per heavy atom. The van der Waals surface area contributed by atoms with Crippen molar-refractivity contribution in [3.8, 4) is 11.4 Å². The molecule has 0 saturated heterocycles. The van der Waals surface area contributed by atoms with E-state index in [-0.39, 0.29) is 18.1 Å². The summed E-state index contributed by atoms with van der Waals surface area (Å²) in [5, 5.41) is 14.2. The average Bonchev–Trinajstić information content (AvgIpc) is 3.31. The molecule has 0 aliphatic carbocycles. The minimum absolute atomic E-state index is 0.140. The van der Waals surface area contributed by atoms with Crippen LogP contribution in [0.3, 0.4) is 0 Å². The second-order valence-electron chi connectivity index (χ2n) is 6.87. The molecule has 0 amide bonds. The number of anilines is 3. The largest absolute Gasteiger partial charge is 0.494 e. The highest BCUT2D eigenvalue weighted by Crippen LogP contribution is 2.20. The molecule has 0 radical (unpaired) electrons. The van der Waals surface area contributed by atoms with Crippen molar-refractivity contribution in [2.24, 2.45) is 7.05 Å². The highest BCUT2D eigenvalue weighted by Gasteiger charge is 2.16. The Hall–Kier alpha value is -4.01. The third-order valence-electron chi connectivity index (χ3n) is 4.85. The van der Waals surface area contributed by atoms with E-state index in [9.17, 15) is 4.79 Å². The second kappa shape index (κ2) is 8.78. The molecule has 4 rings (SSSR count). The molecular weight excluding hydrogens is 396 g/mol. The van der Waals surface area contributed by atoms with E-state index in [1.807, 2.05) is 80.2 Å². The molecule has 0 atom stereocenters. The third kappa shape index (κ3) is 4.30. The number of nitrogens with one attached hydrogen (secondary N) is 2. The van der Waals surface area contributed by atoms with Gasteiger partial charge in [-0.25, -0.2) is 4.68 Å². The van der Waals surface area contributed by atoms with Crippen molar-refractivity contribution in [1.29, 1.82) is 0 Å². The quantitative estimate of drug-likeness (QED) is 0.449. The lowest BCUT2D eigenvalue weighted by Gasteiger charge is -2.07. The minimum Gasteiger partial charge on any atom is -0.494 e. The first kappa shape index (κ1) is 20.3. The van der Waals surface area contributed by atoms with Gasteiger partial charge < -0.3 is 19.8 Å². The Morgan fingerprint density at radius 1 is 1.06 bits per heavy atom. The molecule has 2 N–H and O–H groups in total. The molecule has 0 spiro atoms. The van der Waals surface area contributed by atoms with Crippen molar-refractivity contribution in [3.05, 3.63) is 76.5 Å². The molecule has 2 aromatic carbocycles. The first-order chi connectivity index (χ1) is 15.1. The van der Waals surface area contributed by atoms with Crippen molar-refractivity contribution in [2.45, 2.75) is 20.4 Å². The van der Waals surface area contributed by atoms with Crippen molar-refractivity contribution in [2.75, 3.05) is 17.2 Å². The summed E-state index contributed by atoms with van der Waals surface area (Å²) in [5.74, 6) is 1.16. The van der Waals surface area contributed by atoms with E-state index in [0.717, 1.165) is 22.8 Å². The van der Waals surface area contributed by atoms with Gasteiger partial charge in [0.15, 0.2) is 0 Å². The zero-order chi connectivity index (χ0) is 21.8. The summed E-state index contributed by atoms with van der Waals surface area (Å²) in [4.78, 5) is 12.9. The van der Waals surface area contributed by atoms with Gasteiger partial charge in [-0.05, 0) is 50.2 Å². The second-order valence-corrected chi connectivity index (χ2v) is 6.87. The molecule has 0 fully saturated rings. The lowest BCUT2D eigenvalue weighted by Crippen LogP contribution is -2.21. The number of rotatable bonds is 8. The first-order valence-corrected chi connectivity index (χ1v) is 9.97. The maximum Gasteiger partial charge on any atom is 0.320 e. The van der Waals surface area contributed by atoms with Crippen molar-refractivity contribution in [3.63, 3.8) is 0 Å². The maximum absolute atomic E-state index is 12.9. The Balaban J connectivity index is 1.45. The van der Waals surface area contributed by atoms with Gasteiger partial charge in [-0.3, -0.25) is 9.48 Å². The number of ether oxygens (including phenoxy) is 1. The summed E-state index contributed by atoms with van der Waals surface area (Å²) in [7, 11) is 1.85. The Bertz CT molecular complexity index is 1210. The fourth-order valence-corrected chi connectivity index (χ4v) is 3.24. The van der Waals surface area contributed by atoms with Crippen LogP contribution in [0.4, 0.5) is 17.4 Å². The lowest BCUT2D eigenvalue weighted by molar-refractivity contribution is 0.340. The average molecular weight is 420 g/mol. The van der Waals surface area contributed by atoms with Crippen LogP contribution in [0.25, 0.3) is 5.69 Å². The van der Waals surface area contributed by atoms with Gasteiger partial charge in [0.05, 0.1) is 24.5 Å². The fraction of sp³-hybridized carbons (Fsp3) is 0.227. The predicted molar refractivity (Wildman–Crippen MR) is 118 cm³/mol. The maximum atomic E-state index is 12.9. The zero-order valence-electron chi connectivity index (χ0n) is 17.6. The standard InChI is InChI=1S/C22H24N6O3/c1-4-30-18-12-10-16(11-13-18)24-22-26-25-19(31-22)14-23-20-15(2)27(3)28(21(20)29)17-8-6-5-7-9-17/h5-13,23H,4,14H2,1-3H3,(H,24,26). The van der Waals surface area contributed by atoms with E-state index in [4.69, 9.17) is 9.15 Å². The predicted octanol–water partition coefficient (Wildman–Crippen LogP) is 3.62. The van der Waals surface area contributed by atoms with Gasteiger partial charge in [-0.15, -0.1) is 5.10 Å². The number of hydrogen-bond donors (Lipinski definition) is 2. The Labute approximate surface area is 179 Å². The number of nitrogens with zero attached hydrogens (tertiary/aromatic N) is 4. The summed E-state index contributed by atoms with van der Waals surface area (Å²) in [6.07, 6.45) is 0. The molecule has 9 heteroatoms. The Morgan fingerprint density at radius 2 is 1.81 bits per heavy atom. The summed E-state index contributed by atoms with van der Waals surface area (Å²) in [6.45, 7) is 4.67.